The molecule has 30 heavy (non-hydrogen) atoms. The molecule has 1 aliphatic rings. The van der Waals surface area contributed by atoms with Crippen LogP contribution in [0, 0.1) is 24.0 Å². The molecule has 0 unspecified atom stereocenters. The van der Waals surface area contributed by atoms with E-state index in [4.69, 9.17) is 21.7 Å². The number of aryl methyl sites for hydroxylation is 1. The van der Waals surface area contributed by atoms with Crippen molar-refractivity contribution in [3.8, 4) is 5.88 Å². The van der Waals surface area contributed by atoms with Gasteiger partial charge in [0.05, 0.1) is 24.8 Å². The first kappa shape index (κ1) is 21.7. The monoisotopic (exact) mass is 438 g/mol. The summed E-state index contributed by atoms with van der Waals surface area (Å²) in [4.78, 5) is 23.6. The Morgan fingerprint density at radius 3 is 2.70 bits per heavy atom. The molecule has 1 atom stereocenters. The molecule has 1 saturated heterocycles. The van der Waals surface area contributed by atoms with E-state index in [1.165, 1.54) is 38.1 Å². The highest BCUT2D eigenvalue weighted by Gasteiger charge is 2.44. The van der Waals surface area contributed by atoms with Crippen LogP contribution >= 0.6 is 11.6 Å². The van der Waals surface area contributed by atoms with E-state index >= 15 is 0 Å². The van der Waals surface area contributed by atoms with Crippen LogP contribution < -0.4 is 15.0 Å². The second-order valence-corrected chi connectivity index (χ2v) is 7.50. The van der Waals surface area contributed by atoms with Gasteiger partial charge in [0.2, 0.25) is 17.7 Å². The summed E-state index contributed by atoms with van der Waals surface area (Å²) in [5, 5.41) is 11.3. The van der Waals surface area contributed by atoms with Crippen molar-refractivity contribution < 1.29 is 18.3 Å². The lowest BCUT2D eigenvalue weighted by Crippen LogP contribution is -2.63. The molecule has 1 aliphatic heterocycles. The fraction of sp³-hybridized carbons (Fsp3) is 0.368. The van der Waals surface area contributed by atoms with Crippen LogP contribution in [0.1, 0.15) is 17.7 Å². The molecule has 1 aromatic heterocycles. The second-order valence-electron chi connectivity index (χ2n) is 7.10. The van der Waals surface area contributed by atoms with Gasteiger partial charge in [-0.05, 0) is 24.6 Å². The lowest BCUT2D eigenvalue weighted by molar-refractivity contribution is -0.129. The quantitative estimate of drug-likeness (QED) is 0.744. The van der Waals surface area contributed by atoms with Gasteiger partial charge in [-0.1, -0.05) is 17.7 Å². The normalized spacial score (nSPS) is 19.0. The maximum absolute atomic E-state index is 14.1. The zero-order valence-electron chi connectivity index (χ0n) is 16.9. The van der Waals surface area contributed by atoms with Crippen LogP contribution in [0.3, 0.4) is 0 Å². The van der Waals surface area contributed by atoms with Crippen molar-refractivity contribution in [2.45, 2.75) is 18.9 Å². The minimum absolute atomic E-state index is 0.0567. The van der Waals surface area contributed by atoms with Crippen molar-refractivity contribution >= 4 is 29.4 Å². The summed E-state index contributed by atoms with van der Waals surface area (Å²) < 4.78 is 32.7. The molecule has 2 N–H and O–H groups in total. The van der Waals surface area contributed by atoms with Gasteiger partial charge < -0.3 is 15.0 Å². The predicted octanol–water partition coefficient (Wildman–Crippen LogP) is 2.44. The van der Waals surface area contributed by atoms with E-state index in [-0.39, 0.29) is 47.4 Å². The molecule has 11 heteroatoms. The van der Waals surface area contributed by atoms with Gasteiger partial charge in [0.25, 0.3) is 5.88 Å². The van der Waals surface area contributed by atoms with E-state index < -0.39 is 17.2 Å². The Morgan fingerprint density at radius 2 is 2.10 bits per heavy atom. The molecule has 8 nitrogen and oxygen atoms in total. The lowest BCUT2D eigenvalue weighted by atomic mass is 9.84. The van der Waals surface area contributed by atoms with Crippen LogP contribution in [0.2, 0.25) is 5.02 Å². The minimum atomic E-state index is -1.17. The molecule has 1 fully saturated rings. The number of nitrogens with one attached hydrogen (secondary N) is 2. The third-order valence-corrected chi connectivity index (χ3v) is 5.30. The van der Waals surface area contributed by atoms with Gasteiger partial charge in [-0.25, -0.2) is 9.37 Å². The number of nitrogens with zero attached hydrogens (tertiary/aromatic N) is 4. The van der Waals surface area contributed by atoms with Gasteiger partial charge >= 0.3 is 0 Å². The van der Waals surface area contributed by atoms with Crippen LogP contribution in [0.25, 0.3) is 0 Å². The fourth-order valence-electron chi connectivity index (χ4n) is 3.38. The number of methoxy groups -OCH3 is 1. The highest BCUT2D eigenvalue weighted by molar-refractivity contribution is 6.31. The van der Waals surface area contributed by atoms with Gasteiger partial charge in [-0.3, -0.25) is 15.1 Å². The number of benzene rings is 1. The molecule has 0 spiro atoms. The minimum Gasteiger partial charge on any atom is -0.479 e. The topological polar surface area (TPSA) is 94.4 Å². The molecule has 3 rings (SSSR count). The van der Waals surface area contributed by atoms with Crippen LogP contribution in [0.4, 0.5) is 14.7 Å². The Morgan fingerprint density at radius 1 is 1.40 bits per heavy atom. The summed E-state index contributed by atoms with van der Waals surface area (Å²) in [6.07, 6.45) is -0.0567. The maximum atomic E-state index is 14.1. The largest absolute Gasteiger partial charge is 0.479 e. The van der Waals surface area contributed by atoms with Gasteiger partial charge in [-0.15, -0.1) is 0 Å². The Balaban J connectivity index is 2.07. The summed E-state index contributed by atoms with van der Waals surface area (Å²) in [6.45, 7) is 1.56. The number of hydrogen-bond acceptors (Lipinski definition) is 6. The van der Waals surface area contributed by atoms with Crippen molar-refractivity contribution in [2.75, 3.05) is 32.6 Å². The summed E-state index contributed by atoms with van der Waals surface area (Å²) in [7, 11) is 4.43. The van der Waals surface area contributed by atoms with Gasteiger partial charge in [-0.2, -0.15) is 9.37 Å². The molecule has 0 saturated carbocycles. The number of rotatable bonds is 5. The molecule has 1 amide bonds. The number of aromatic nitrogens is 2. The van der Waals surface area contributed by atoms with E-state index in [1.807, 2.05) is 0 Å². The van der Waals surface area contributed by atoms with E-state index in [0.29, 0.717) is 5.56 Å². The van der Waals surface area contributed by atoms with E-state index in [1.54, 1.807) is 11.9 Å². The zero-order chi connectivity index (χ0) is 22.2. The SMILES string of the molecule is COc1nc(N(C)C[C@@]2(c3ccc(F)cc3Cl)CC(=O)N(C)C(=N)N2)nc(C)c1F. The van der Waals surface area contributed by atoms with Crippen LogP contribution in [-0.4, -0.2) is 54.5 Å². The van der Waals surface area contributed by atoms with E-state index in [9.17, 15) is 13.6 Å². The number of amides is 1. The molecular weight excluding hydrogens is 418 g/mol. The van der Waals surface area contributed by atoms with Crippen molar-refractivity contribution in [2.24, 2.45) is 0 Å². The number of hydrogen-bond donors (Lipinski definition) is 2. The van der Waals surface area contributed by atoms with Gasteiger partial charge in [0.1, 0.15) is 5.82 Å². The second kappa shape index (κ2) is 8.02. The lowest BCUT2D eigenvalue weighted by Gasteiger charge is -2.44. The number of carbonyl (C=O) groups excluding carboxylic acids is 1. The van der Waals surface area contributed by atoms with Crippen LogP contribution in [-0.2, 0) is 10.3 Å². The van der Waals surface area contributed by atoms with Gasteiger partial charge in [0.15, 0.2) is 5.96 Å². The first-order chi connectivity index (χ1) is 14.1. The smallest absolute Gasteiger partial charge is 0.255 e. The summed E-state index contributed by atoms with van der Waals surface area (Å²) >= 11 is 6.31. The summed E-state index contributed by atoms with van der Waals surface area (Å²) in [5.74, 6) is -1.69. The maximum Gasteiger partial charge on any atom is 0.255 e. The molecule has 1 aromatic carbocycles. The van der Waals surface area contributed by atoms with Crippen molar-refractivity contribution in [1.29, 1.82) is 5.41 Å². The Kier molecular flexibility index (Phi) is 5.80. The number of halogens is 3. The first-order valence-electron chi connectivity index (χ1n) is 8.96. The average Bonchev–Trinajstić information content (AvgIpc) is 2.67. The third kappa shape index (κ3) is 3.87. The first-order valence-corrected chi connectivity index (χ1v) is 9.34. The Hall–Kier alpha value is -3.01. The van der Waals surface area contributed by atoms with Crippen molar-refractivity contribution in [3.05, 3.63) is 46.1 Å². The van der Waals surface area contributed by atoms with Gasteiger partial charge in [0, 0.05) is 25.7 Å². The number of ether oxygens (including phenoxy) is 1. The van der Waals surface area contributed by atoms with Crippen molar-refractivity contribution in [1.82, 2.24) is 20.2 Å². The van der Waals surface area contributed by atoms with Crippen LogP contribution in [0.5, 0.6) is 5.88 Å². The van der Waals surface area contributed by atoms with E-state index in [0.717, 1.165) is 6.07 Å². The molecular formula is C19H21ClF2N6O2. The number of likely N-dealkylation sites (N-methyl/N-ethyl adjacent to an activating group) is 1. The molecule has 0 aliphatic carbocycles. The standard InChI is InChI=1S/C19H21ClF2N6O2/c1-10-15(22)16(30-4)25-18(24-10)27(2)9-19(8-14(29)28(3)17(23)26-19)12-6-5-11(21)7-13(12)20/h5-7H,8-9H2,1-4H3,(H2,23,26)/t19-/m1/s1. The average molecular weight is 439 g/mol. The Bertz CT molecular complexity index is 1000. The Labute approximate surface area is 177 Å². The highest BCUT2D eigenvalue weighted by atomic mass is 35.5. The molecule has 2 heterocycles. The van der Waals surface area contributed by atoms with Crippen molar-refractivity contribution in [3.63, 3.8) is 0 Å². The third-order valence-electron chi connectivity index (χ3n) is 4.98. The number of carbonyl (C=O) groups is 1. The highest BCUT2D eigenvalue weighted by Crippen LogP contribution is 2.36. The molecule has 0 radical (unpaired) electrons. The predicted molar refractivity (Wildman–Crippen MR) is 108 cm³/mol. The number of guanidine groups is 1. The summed E-state index contributed by atoms with van der Waals surface area (Å²) in [5.41, 5.74) is -0.633. The molecule has 160 valence electrons. The number of anilines is 1. The summed E-state index contributed by atoms with van der Waals surface area (Å²) in [6, 6.07) is 3.86. The van der Waals surface area contributed by atoms with E-state index in [2.05, 4.69) is 15.3 Å². The molecule has 2 aromatic rings. The fourth-order valence-corrected chi connectivity index (χ4v) is 3.73. The molecule has 0 bridgehead atoms. The zero-order valence-corrected chi connectivity index (χ0v) is 17.6. The van der Waals surface area contributed by atoms with Crippen LogP contribution in [0.15, 0.2) is 18.2 Å².